The highest BCUT2D eigenvalue weighted by Crippen LogP contribution is 2.55. The lowest BCUT2D eigenvalue weighted by molar-refractivity contribution is 0.259. The number of hydrogen-bond donors (Lipinski definition) is 0. The smallest absolute Gasteiger partial charge is 0.101 e. The maximum Gasteiger partial charge on any atom is 0.101 e. The van der Waals surface area contributed by atoms with Crippen molar-refractivity contribution in [1.29, 1.82) is 5.26 Å². The summed E-state index contributed by atoms with van der Waals surface area (Å²) in [7, 11) is 0. The molecule has 7 atom stereocenters. The molecule has 0 radical (unpaired) electrons. The van der Waals surface area contributed by atoms with Crippen LogP contribution in [-0.2, 0) is 0 Å². The number of rotatable bonds is 3. The van der Waals surface area contributed by atoms with Crippen LogP contribution in [0.1, 0.15) is 44.6 Å². The molecule has 3 nitrogen and oxygen atoms in total. The standard InChI is InChI=1S/C44H39N3S/c1-27-18-21-34-33-13-5-9-17-40(33)47(37-14-6-2-10-29(37)26-45)44(34)43(27)28-19-22-41-35(24-28)36-25-30(20-23-42(36)48-41)46-38-15-7-3-11-31(38)32-12-4-8-16-39(32)46/h2-3,5-11,13-14,16-21,23-24,27,30,33,38,40-41,43H,4,12,15,22,25H2,1H3. The summed E-state index contributed by atoms with van der Waals surface area (Å²) in [6.45, 7) is 2.38. The molecule has 0 saturated heterocycles. The largest absolute Gasteiger partial charge is 0.357 e. The first kappa shape index (κ1) is 28.5. The second kappa shape index (κ2) is 11.0. The lowest BCUT2D eigenvalue weighted by atomic mass is 9.74. The predicted molar refractivity (Wildman–Crippen MR) is 198 cm³/mol. The molecular formula is C44H39N3S. The van der Waals surface area contributed by atoms with Crippen molar-refractivity contribution in [3.8, 4) is 6.07 Å². The maximum absolute atomic E-state index is 10.2. The molecule has 3 heterocycles. The normalized spacial score (nSPS) is 33.6. The minimum Gasteiger partial charge on any atom is -0.357 e. The van der Waals surface area contributed by atoms with E-state index in [4.69, 9.17) is 0 Å². The van der Waals surface area contributed by atoms with Gasteiger partial charge in [0.05, 0.1) is 29.4 Å². The molecule has 1 aromatic rings. The van der Waals surface area contributed by atoms with E-state index in [2.05, 4.69) is 138 Å². The van der Waals surface area contributed by atoms with Gasteiger partial charge in [0, 0.05) is 33.4 Å². The van der Waals surface area contributed by atoms with Crippen LogP contribution < -0.4 is 4.90 Å². The molecule has 1 aromatic carbocycles. The molecule has 0 N–H and O–H groups in total. The molecule has 0 saturated carbocycles. The number of anilines is 1. The van der Waals surface area contributed by atoms with Gasteiger partial charge < -0.3 is 9.80 Å². The van der Waals surface area contributed by atoms with Crippen LogP contribution in [0.3, 0.4) is 0 Å². The Morgan fingerprint density at radius 2 is 1.83 bits per heavy atom. The lowest BCUT2D eigenvalue weighted by Crippen LogP contribution is -2.40. The van der Waals surface area contributed by atoms with Crippen LogP contribution in [0.15, 0.2) is 165 Å². The quantitative estimate of drug-likeness (QED) is 0.329. The van der Waals surface area contributed by atoms with Crippen molar-refractivity contribution in [2.75, 3.05) is 4.90 Å². The van der Waals surface area contributed by atoms with E-state index in [0.29, 0.717) is 23.3 Å². The Labute approximate surface area is 288 Å². The third-order valence-electron chi connectivity index (χ3n) is 12.0. The number of para-hydroxylation sites is 1. The van der Waals surface area contributed by atoms with Crippen molar-refractivity contribution in [3.63, 3.8) is 0 Å². The minimum atomic E-state index is 0.180. The lowest BCUT2D eigenvalue weighted by Gasteiger charge is -2.39. The summed E-state index contributed by atoms with van der Waals surface area (Å²) in [5.41, 5.74) is 13.7. The van der Waals surface area contributed by atoms with Crippen LogP contribution in [0.4, 0.5) is 5.69 Å². The maximum atomic E-state index is 10.2. The van der Waals surface area contributed by atoms with E-state index in [1.54, 1.807) is 22.3 Å². The summed E-state index contributed by atoms with van der Waals surface area (Å²) < 4.78 is 0. The van der Waals surface area contributed by atoms with Crippen molar-refractivity contribution in [2.24, 2.45) is 17.8 Å². The molecule has 236 valence electrons. The fourth-order valence-electron chi connectivity index (χ4n) is 9.92. The highest BCUT2D eigenvalue weighted by atomic mass is 32.2. The first-order valence-electron chi connectivity index (χ1n) is 17.8. The monoisotopic (exact) mass is 641 g/mol. The Kier molecular flexibility index (Phi) is 6.57. The molecule has 0 aromatic heterocycles. The zero-order valence-corrected chi connectivity index (χ0v) is 28.1. The fourth-order valence-corrected chi connectivity index (χ4v) is 11.3. The third-order valence-corrected chi connectivity index (χ3v) is 13.4. The fraction of sp³-hybridized carbons (Fsp3) is 0.295. The highest BCUT2D eigenvalue weighted by molar-refractivity contribution is 8.04. The Morgan fingerprint density at radius 1 is 0.917 bits per heavy atom. The molecule has 48 heavy (non-hydrogen) atoms. The summed E-state index contributed by atoms with van der Waals surface area (Å²) in [4.78, 5) is 6.75. The zero-order valence-electron chi connectivity index (χ0n) is 27.3. The average Bonchev–Trinajstić information content (AvgIpc) is 3.78. The Balaban J connectivity index is 1.02. The van der Waals surface area contributed by atoms with Gasteiger partial charge in [-0.1, -0.05) is 104 Å². The molecule has 0 spiro atoms. The molecule has 10 rings (SSSR count). The Bertz CT molecular complexity index is 2060. The summed E-state index contributed by atoms with van der Waals surface area (Å²) in [6.07, 6.45) is 41.3. The average molecular weight is 642 g/mol. The number of nitriles is 1. The molecular weight excluding hydrogens is 603 g/mol. The molecule has 7 unspecified atom stereocenters. The number of nitrogens with zero attached hydrogens (tertiary/aromatic N) is 3. The highest BCUT2D eigenvalue weighted by Gasteiger charge is 2.47. The summed E-state index contributed by atoms with van der Waals surface area (Å²) in [5, 5.41) is 10.7. The van der Waals surface area contributed by atoms with Crippen LogP contribution in [0, 0.1) is 29.1 Å². The van der Waals surface area contributed by atoms with Gasteiger partial charge in [0.2, 0.25) is 0 Å². The molecule has 3 aliphatic heterocycles. The van der Waals surface area contributed by atoms with E-state index in [0.717, 1.165) is 43.4 Å². The third kappa shape index (κ3) is 4.13. The van der Waals surface area contributed by atoms with Crippen LogP contribution in [0.25, 0.3) is 0 Å². The van der Waals surface area contributed by atoms with Crippen molar-refractivity contribution in [2.45, 2.75) is 62.4 Å². The van der Waals surface area contributed by atoms with Crippen LogP contribution in [0.5, 0.6) is 0 Å². The van der Waals surface area contributed by atoms with Crippen LogP contribution in [-0.4, -0.2) is 28.3 Å². The van der Waals surface area contributed by atoms with Crippen molar-refractivity contribution >= 4 is 17.4 Å². The van der Waals surface area contributed by atoms with Crippen LogP contribution >= 0.6 is 11.8 Å². The van der Waals surface area contributed by atoms with Gasteiger partial charge in [-0.05, 0) is 89.7 Å². The number of hydrogen-bond acceptors (Lipinski definition) is 4. The van der Waals surface area contributed by atoms with Crippen LogP contribution in [0.2, 0.25) is 0 Å². The molecule has 6 aliphatic carbocycles. The molecule has 9 aliphatic rings. The molecule has 0 amide bonds. The Morgan fingerprint density at radius 3 is 2.77 bits per heavy atom. The number of fused-ring (bicyclic) bond motifs is 6. The zero-order chi connectivity index (χ0) is 31.9. The molecule has 0 bridgehead atoms. The number of benzene rings is 1. The van der Waals surface area contributed by atoms with E-state index < -0.39 is 0 Å². The van der Waals surface area contributed by atoms with E-state index in [-0.39, 0.29) is 17.9 Å². The van der Waals surface area contributed by atoms with Gasteiger partial charge >= 0.3 is 0 Å². The second-order valence-electron chi connectivity index (χ2n) is 14.5. The SMILES string of the molecule is CC1C=CC2=C(C1C1=CCC3SC4=C(CC(N5C6=C(CCC=C6)C6=CC=CCC65)C=C4)C3=C1)N(c1ccccc1C#N)C1C=CC=CC21. The first-order valence-corrected chi connectivity index (χ1v) is 18.7. The Hall–Kier alpha value is -4.46. The summed E-state index contributed by atoms with van der Waals surface area (Å²) in [6, 6.07) is 11.7. The topological polar surface area (TPSA) is 30.3 Å². The van der Waals surface area contributed by atoms with Gasteiger partial charge in [0.1, 0.15) is 6.07 Å². The van der Waals surface area contributed by atoms with Gasteiger partial charge in [0.25, 0.3) is 0 Å². The van der Waals surface area contributed by atoms with Crippen molar-refractivity contribution < 1.29 is 0 Å². The minimum absolute atomic E-state index is 0.180. The van der Waals surface area contributed by atoms with Gasteiger partial charge in [-0.15, -0.1) is 11.8 Å². The summed E-state index contributed by atoms with van der Waals surface area (Å²) >= 11 is 2.08. The second-order valence-corrected chi connectivity index (χ2v) is 15.7. The number of allylic oxidation sites excluding steroid dienone is 12. The van der Waals surface area contributed by atoms with E-state index in [1.165, 1.54) is 27.4 Å². The van der Waals surface area contributed by atoms with Crippen molar-refractivity contribution in [3.05, 3.63) is 171 Å². The first-order chi connectivity index (χ1) is 23.7. The van der Waals surface area contributed by atoms with E-state index in [9.17, 15) is 5.26 Å². The molecule has 0 fully saturated rings. The van der Waals surface area contributed by atoms with E-state index in [1.807, 2.05) is 12.1 Å². The van der Waals surface area contributed by atoms with Gasteiger partial charge in [0.15, 0.2) is 0 Å². The van der Waals surface area contributed by atoms with Gasteiger partial charge in [-0.25, -0.2) is 0 Å². The van der Waals surface area contributed by atoms with Gasteiger partial charge in [-0.2, -0.15) is 5.26 Å². The van der Waals surface area contributed by atoms with Gasteiger partial charge in [-0.3, -0.25) is 0 Å². The molecule has 4 heteroatoms. The predicted octanol–water partition coefficient (Wildman–Crippen LogP) is 9.69. The van der Waals surface area contributed by atoms with E-state index >= 15 is 0 Å². The number of thioether (sulfide) groups is 1. The van der Waals surface area contributed by atoms with Crippen molar-refractivity contribution in [1.82, 2.24) is 4.90 Å². The summed E-state index contributed by atoms with van der Waals surface area (Å²) in [5.74, 6) is 0.880.